The lowest BCUT2D eigenvalue weighted by Crippen LogP contribution is -2.36. The lowest BCUT2D eigenvalue weighted by Gasteiger charge is -2.24. The summed E-state index contributed by atoms with van der Waals surface area (Å²) in [6, 6.07) is 33.4. The molecule has 0 saturated heterocycles. The molecule has 0 aliphatic carbocycles. The number of carbonyl (C=O) groups is 2. The molecule has 0 radical (unpaired) electrons. The zero-order valence-corrected chi connectivity index (χ0v) is 25.1. The third-order valence-corrected chi connectivity index (χ3v) is 7.52. The van der Waals surface area contributed by atoms with Crippen LogP contribution in [0.1, 0.15) is 37.8 Å². The summed E-state index contributed by atoms with van der Waals surface area (Å²) in [5.74, 6) is 0.566. The summed E-state index contributed by atoms with van der Waals surface area (Å²) in [6.07, 6.45) is 3.06. The molecule has 0 unspecified atom stereocenters. The Labute approximate surface area is 253 Å². The van der Waals surface area contributed by atoms with Gasteiger partial charge >= 0.3 is 12.0 Å². The van der Waals surface area contributed by atoms with Crippen LogP contribution in [0.15, 0.2) is 113 Å². The van der Waals surface area contributed by atoms with E-state index in [0.29, 0.717) is 25.4 Å². The standard InChI is InChI=1S/C35H38N2O4S/c1-3-5-24-41-31-18-16-29(17-19-31)36-35(39)37(23-22-27-10-7-6-8-11-27)30-12-9-13-33(26-30)42-32-20-14-28(15-21-32)25-34(38)40-4-2/h6-21,26H,3-5,22-25H2,1-2H3,(H,36,39). The largest absolute Gasteiger partial charge is 0.494 e. The van der Waals surface area contributed by atoms with E-state index in [2.05, 4.69) is 24.4 Å². The summed E-state index contributed by atoms with van der Waals surface area (Å²) < 4.78 is 10.8. The Morgan fingerprint density at radius 3 is 2.29 bits per heavy atom. The number of hydrogen-bond acceptors (Lipinski definition) is 5. The highest BCUT2D eigenvalue weighted by molar-refractivity contribution is 7.99. The highest BCUT2D eigenvalue weighted by atomic mass is 32.2. The van der Waals surface area contributed by atoms with Crippen LogP contribution < -0.4 is 15.0 Å². The predicted octanol–water partition coefficient (Wildman–Crippen LogP) is 8.40. The van der Waals surface area contributed by atoms with Crippen LogP contribution in [-0.4, -0.2) is 31.8 Å². The smallest absolute Gasteiger partial charge is 0.326 e. The fraction of sp³-hybridized carbons (Fsp3) is 0.257. The second kappa shape index (κ2) is 16.3. The molecule has 0 heterocycles. The molecule has 0 fully saturated rings. The molecule has 4 rings (SSSR count). The molecule has 42 heavy (non-hydrogen) atoms. The number of hydrogen-bond donors (Lipinski definition) is 1. The Balaban J connectivity index is 1.47. The van der Waals surface area contributed by atoms with Gasteiger partial charge in [0.05, 0.1) is 19.6 Å². The number of urea groups is 1. The van der Waals surface area contributed by atoms with Crippen LogP contribution in [0.4, 0.5) is 16.2 Å². The first-order valence-electron chi connectivity index (χ1n) is 14.4. The van der Waals surface area contributed by atoms with Gasteiger partial charge in [-0.2, -0.15) is 0 Å². The van der Waals surface area contributed by atoms with Crippen molar-refractivity contribution >= 4 is 35.1 Å². The van der Waals surface area contributed by atoms with Crippen LogP contribution in [-0.2, 0) is 22.4 Å². The number of anilines is 2. The van der Waals surface area contributed by atoms with Crippen LogP contribution in [0.2, 0.25) is 0 Å². The first-order chi connectivity index (χ1) is 20.5. The maximum Gasteiger partial charge on any atom is 0.326 e. The third kappa shape index (κ3) is 9.70. The number of unbranched alkanes of at least 4 members (excludes halogenated alkanes) is 1. The van der Waals surface area contributed by atoms with Crippen LogP contribution in [0, 0.1) is 0 Å². The predicted molar refractivity (Wildman–Crippen MR) is 171 cm³/mol. The highest BCUT2D eigenvalue weighted by Gasteiger charge is 2.17. The molecule has 218 valence electrons. The number of nitrogens with zero attached hydrogens (tertiary/aromatic N) is 1. The van der Waals surface area contributed by atoms with E-state index in [9.17, 15) is 9.59 Å². The number of amides is 2. The zero-order chi connectivity index (χ0) is 29.6. The van der Waals surface area contributed by atoms with Crippen molar-refractivity contribution in [2.75, 3.05) is 30.0 Å². The van der Waals surface area contributed by atoms with Crippen molar-refractivity contribution in [2.24, 2.45) is 0 Å². The second-order valence-electron chi connectivity index (χ2n) is 9.77. The molecule has 4 aromatic rings. The van der Waals surface area contributed by atoms with E-state index in [1.54, 1.807) is 23.6 Å². The molecular formula is C35H38N2O4S. The van der Waals surface area contributed by atoms with Crippen LogP contribution in [0.25, 0.3) is 0 Å². The van der Waals surface area contributed by atoms with Gasteiger partial charge in [0.1, 0.15) is 5.75 Å². The molecule has 7 heteroatoms. The van der Waals surface area contributed by atoms with E-state index in [4.69, 9.17) is 9.47 Å². The van der Waals surface area contributed by atoms with Gasteiger partial charge in [-0.05, 0) is 85.5 Å². The van der Waals surface area contributed by atoms with Crippen molar-refractivity contribution < 1.29 is 19.1 Å². The van der Waals surface area contributed by atoms with E-state index in [1.807, 2.05) is 91.0 Å². The van der Waals surface area contributed by atoms with Gasteiger partial charge in [0.25, 0.3) is 0 Å². The number of rotatable bonds is 14. The SMILES string of the molecule is CCCCOc1ccc(NC(=O)N(CCc2ccccc2)c2cccc(Sc3ccc(CC(=O)OCC)cc3)c2)cc1. The normalized spacial score (nSPS) is 10.6. The monoisotopic (exact) mass is 582 g/mol. The van der Waals surface area contributed by atoms with Gasteiger partial charge in [-0.1, -0.05) is 73.6 Å². The topological polar surface area (TPSA) is 67.9 Å². The summed E-state index contributed by atoms with van der Waals surface area (Å²) >= 11 is 1.61. The van der Waals surface area contributed by atoms with Crippen LogP contribution in [0.5, 0.6) is 5.75 Å². The van der Waals surface area contributed by atoms with Crippen molar-refractivity contribution in [2.45, 2.75) is 49.3 Å². The minimum Gasteiger partial charge on any atom is -0.494 e. The molecule has 0 aliphatic heterocycles. The van der Waals surface area contributed by atoms with E-state index in [0.717, 1.165) is 51.6 Å². The van der Waals surface area contributed by atoms with E-state index in [1.165, 1.54) is 0 Å². The average Bonchev–Trinajstić information content (AvgIpc) is 3.00. The van der Waals surface area contributed by atoms with Gasteiger partial charge in [-0.3, -0.25) is 9.69 Å². The lowest BCUT2D eigenvalue weighted by atomic mass is 10.1. The molecule has 0 aromatic heterocycles. The van der Waals surface area contributed by atoms with Crippen molar-refractivity contribution in [3.63, 3.8) is 0 Å². The Morgan fingerprint density at radius 1 is 0.810 bits per heavy atom. The summed E-state index contributed by atoms with van der Waals surface area (Å²) in [5, 5.41) is 3.06. The fourth-order valence-electron chi connectivity index (χ4n) is 4.30. The van der Waals surface area contributed by atoms with Crippen molar-refractivity contribution in [1.29, 1.82) is 0 Å². The number of esters is 1. The molecule has 0 bridgehead atoms. The molecule has 0 saturated carbocycles. The summed E-state index contributed by atoms with van der Waals surface area (Å²) in [4.78, 5) is 29.2. The molecule has 1 N–H and O–H groups in total. The van der Waals surface area contributed by atoms with Crippen LogP contribution in [0.3, 0.4) is 0 Å². The molecule has 0 aliphatic rings. The van der Waals surface area contributed by atoms with Crippen LogP contribution >= 0.6 is 11.8 Å². The van der Waals surface area contributed by atoms with Gasteiger partial charge in [0.2, 0.25) is 0 Å². The van der Waals surface area contributed by atoms with Gasteiger partial charge in [0, 0.05) is 27.7 Å². The molecule has 4 aromatic carbocycles. The van der Waals surface area contributed by atoms with Gasteiger partial charge in [0.15, 0.2) is 0 Å². The summed E-state index contributed by atoms with van der Waals surface area (Å²) in [6.45, 7) is 5.52. The Hall–Kier alpha value is -4.23. The maximum atomic E-state index is 13.6. The maximum absolute atomic E-state index is 13.6. The second-order valence-corrected chi connectivity index (χ2v) is 10.9. The minimum atomic E-state index is -0.226. The highest BCUT2D eigenvalue weighted by Crippen LogP contribution is 2.31. The van der Waals surface area contributed by atoms with E-state index >= 15 is 0 Å². The Bertz CT molecular complexity index is 1410. The first kappa shape index (κ1) is 30.7. The number of ether oxygens (including phenoxy) is 2. The zero-order valence-electron chi connectivity index (χ0n) is 24.3. The van der Waals surface area contributed by atoms with Crippen molar-refractivity contribution in [1.82, 2.24) is 0 Å². The Morgan fingerprint density at radius 2 is 1.57 bits per heavy atom. The summed E-state index contributed by atoms with van der Waals surface area (Å²) in [5.41, 5.74) is 3.60. The molecule has 2 amide bonds. The molecule has 6 nitrogen and oxygen atoms in total. The number of carbonyl (C=O) groups excluding carboxylic acids is 2. The number of benzene rings is 4. The first-order valence-corrected chi connectivity index (χ1v) is 15.2. The van der Waals surface area contributed by atoms with Crippen molar-refractivity contribution in [3.8, 4) is 5.75 Å². The Kier molecular flexibility index (Phi) is 11.9. The number of nitrogens with one attached hydrogen (secondary N) is 1. The lowest BCUT2D eigenvalue weighted by molar-refractivity contribution is -0.142. The quantitative estimate of drug-likeness (QED) is 0.119. The van der Waals surface area contributed by atoms with Gasteiger partial charge < -0.3 is 14.8 Å². The average molecular weight is 583 g/mol. The molecule has 0 atom stereocenters. The van der Waals surface area contributed by atoms with E-state index in [-0.39, 0.29) is 18.4 Å². The van der Waals surface area contributed by atoms with Crippen molar-refractivity contribution in [3.05, 3.63) is 114 Å². The van der Waals surface area contributed by atoms with Gasteiger partial charge in [-0.15, -0.1) is 0 Å². The molecular weight excluding hydrogens is 544 g/mol. The molecule has 0 spiro atoms. The van der Waals surface area contributed by atoms with E-state index < -0.39 is 0 Å². The summed E-state index contributed by atoms with van der Waals surface area (Å²) in [7, 11) is 0. The minimum absolute atomic E-state index is 0.198. The van der Waals surface area contributed by atoms with Gasteiger partial charge in [-0.25, -0.2) is 4.79 Å². The fourth-order valence-corrected chi connectivity index (χ4v) is 5.17. The third-order valence-electron chi connectivity index (χ3n) is 6.53.